The van der Waals surface area contributed by atoms with Gasteiger partial charge in [-0.05, 0) is 44.2 Å². The molecule has 0 saturated carbocycles. The van der Waals surface area contributed by atoms with Crippen LogP contribution in [0.1, 0.15) is 49.7 Å². The van der Waals surface area contributed by atoms with E-state index in [2.05, 4.69) is 0 Å². The molecule has 0 N–H and O–H groups in total. The Labute approximate surface area is 159 Å². The van der Waals surface area contributed by atoms with Crippen LogP contribution in [0.15, 0.2) is 29.7 Å². The van der Waals surface area contributed by atoms with Crippen LogP contribution in [0.25, 0.3) is 6.08 Å². The van der Waals surface area contributed by atoms with E-state index in [1.54, 1.807) is 10.4 Å². The predicted molar refractivity (Wildman–Crippen MR) is 102 cm³/mol. The Morgan fingerprint density at radius 1 is 0.926 bits per heavy atom. The van der Waals surface area contributed by atoms with E-state index in [0.29, 0.717) is 12.8 Å². The molecule has 3 aliphatic rings. The van der Waals surface area contributed by atoms with E-state index >= 15 is 0 Å². The summed E-state index contributed by atoms with van der Waals surface area (Å²) in [4.78, 5) is 25.5. The summed E-state index contributed by atoms with van der Waals surface area (Å²) in [6, 6.07) is 7.26. The molecule has 1 aromatic carbocycles. The number of aryl methyl sites for hydroxylation is 1. The van der Waals surface area contributed by atoms with Crippen molar-refractivity contribution < 1.29 is 18.0 Å². The lowest BCUT2D eigenvalue weighted by atomic mass is 9.98. The number of sulfonamides is 1. The van der Waals surface area contributed by atoms with Gasteiger partial charge < -0.3 is 0 Å². The third kappa shape index (κ3) is 3.46. The fraction of sp³-hybridized carbons (Fsp3) is 0.500. The minimum atomic E-state index is -3.54. The lowest BCUT2D eigenvalue weighted by molar-refractivity contribution is -0.142. The van der Waals surface area contributed by atoms with Gasteiger partial charge in [-0.25, -0.2) is 8.42 Å². The summed E-state index contributed by atoms with van der Waals surface area (Å²) >= 11 is 0. The molecule has 144 valence electrons. The summed E-state index contributed by atoms with van der Waals surface area (Å²) in [6.07, 6.45) is 4.87. The number of hydrogen-bond donors (Lipinski definition) is 0. The third-order valence-corrected chi connectivity index (χ3v) is 7.56. The molecule has 2 atom stereocenters. The highest BCUT2D eigenvalue weighted by Crippen LogP contribution is 2.41. The SMILES string of the molecule is Cc1ccc(/C=C/S(=O)(=O)N2C3CCC2CC(N2C(=O)CCC2=O)C3)cc1. The predicted octanol–water partition coefficient (Wildman–Crippen LogP) is 2.44. The third-order valence-electron chi connectivity index (χ3n) is 5.90. The van der Waals surface area contributed by atoms with E-state index < -0.39 is 10.0 Å². The average molecular weight is 388 g/mol. The van der Waals surface area contributed by atoms with Crippen LogP contribution in [0.4, 0.5) is 0 Å². The Balaban J connectivity index is 1.51. The summed E-state index contributed by atoms with van der Waals surface area (Å²) in [5, 5.41) is 1.29. The molecule has 3 fully saturated rings. The molecule has 0 aliphatic carbocycles. The van der Waals surface area contributed by atoms with Gasteiger partial charge in [-0.3, -0.25) is 14.5 Å². The van der Waals surface area contributed by atoms with Gasteiger partial charge >= 0.3 is 0 Å². The first-order chi connectivity index (χ1) is 12.8. The van der Waals surface area contributed by atoms with Gasteiger partial charge in [-0.1, -0.05) is 29.8 Å². The Hall–Kier alpha value is -1.99. The summed E-state index contributed by atoms with van der Waals surface area (Å²) in [5.41, 5.74) is 1.97. The van der Waals surface area contributed by atoms with Gasteiger partial charge in [0.1, 0.15) is 0 Å². The summed E-state index contributed by atoms with van der Waals surface area (Å²) in [5.74, 6) is -0.222. The highest BCUT2D eigenvalue weighted by molar-refractivity contribution is 7.92. The smallest absolute Gasteiger partial charge is 0.236 e. The van der Waals surface area contributed by atoms with E-state index in [1.165, 1.54) is 10.3 Å². The monoisotopic (exact) mass is 388 g/mol. The second kappa shape index (κ2) is 6.87. The van der Waals surface area contributed by atoms with E-state index in [9.17, 15) is 18.0 Å². The van der Waals surface area contributed by atoms with Crippen molar-refractivity contribution in [3.05, 3.63) is 40.8 Å². The molecule has 1 aromatic rings. The molecule has 2 unspecified atom stereocenters. The van der Waals surface area contributed by atoms with Crippen molar-refractivity contribution in [3.8, 4) is 0 Å². The Morgan fingerprint density at radius 2 is 1.48 bits per heavy atom. The van der Waals surface area contributed by atoms with Crippen LogP contribution in [0.2, 0.25) is 0 Å². The van der Waals surface area contributed by atoms with Gasteiger partial charge in [0.15, 0.2) is 0 Å². The zero-order valence-electron chi connectivity index (χ0n) is 15.4. The highest BCUT2D eigenvalue weighted by atomic mass is 32.2. The first kappa shape index (κ1) is 18.4. The minimum absolute atomic E-state index is 0.111. The molecule has 3 aliphatic heterocycles. The van der Waals surface area contributed by atoms with Gasteiger partial charge in [0.05, 0.1) is 0 Å². The van der Waals surface area contributed by atoms with Gasteiger partial charge in [-0.15, -0.1) is 0 Å². The van der Waals surface area contributed by atoms with E-state index in [1.807, 2.05) is 31.2 Å². The molecule has 3 saturated heterocycles. The molecule has 4 rings (SSSR count). The van der Waals surface area contributed by atoms with Gasteiger partial charge in [0.2, 0.25) is 21.8 Å². The van der Waals surface area contributed by atoms with Crippen LogP contribution < -0.4 is 0 Å². The second-order valence-corrected chi connectivity index (χ2v) is 9.48. The van der Waals surface area contributed by atoms with E-state index in [0.717, 1.165) is 24.0 Å². The van der Waals surface area contributed by atoms with Gasteiger partial charge in [0, 0.05) is 36.4 Å². The Kier molecular flexibility index (Phi) is 4.68. The molecule has 0 aromatic heterocycles. The number of likely N-dealkylation sites (tertiary alicyclic amines) is 1. The Morgan fingerprint density at radius 3 is 2.04 bits per heavy atom. The highest BCUT2D eigenvalue weighted by Gasteiger charge is 2.49. The number of hydrogen-bond acceptors (Lipinski definition) is 4. The van der Waals surface area contributed by atoms with Crippen molar-refractivity contribution in [1.29, 1.82) is 0 Å². The molecule has 2 bridgehead atoms. The number of amides is 2. The maximum absolute atomic E-state index is 12.9. The van der Waals surface area contributed by atoms with Crippen LogP contribution in [-0.4, -0.2) is 47.6 Å². The Bertz CT molecular complexity index is 861. The fourth-order valence-corrected chi connectivity index (χ4v) is 6.33. The van der Waals surface area contributed by atoms with E-state index in [4.69, 9.17) is 0 Å². The maximum Gasteiger partial charge on any atom is 0.236 e. The molecule has 3 heterocycles. The number of rotatable bonds is 4. The number of carbonyl (C=O) groups excluding carboxylic acids is 2. The molecule has 2 amide bonds. The van der Waals surface area contributed by atoms with Crippen molar-refractivity contribution in [3.63, 3.8) is 0 Å². The number of nitrogens with zero attached hydrogens (tertiary/aromatic N) is 2. The zero-order valence-corrected chi connectivity index (χ0v) is 16.2. The first-order valence-corrected chi connectivity index (χ1v) is 11.0. The number of benzene rings is 1. The van der Waals surface area contributed by atoms with Crippen LogP contribution >= 0.6 is 0 Å². The van der Waals surface area contributed by atoms with Crippen molar-refractivity contribution in [2.75, 3.05) is 0 Å². The van der Waals surface area contributed by atoms with Crippen LogP contribution in [0, 0.1) is 6.92 Å². The standard InChI is InChI=1S/C20H24N2O4S/c1-14-2-4-15(5-3-14)10-11-27(25,26)22-16-6-7-17(22)13-18(12-16)21-19(23)8-9-20(21)24/h2-5,10-11,16-18H,6-9,12-13H2,1H3/b11-10+. The van der Waals surface area contributed by atoms with Crippen molar-refractivity contribution in [2.45, 2.75) is 63.6 Å². The fourth-order valence-electron chi connectivity index (χ4n) is 4.65. The maximum atomic E-state index is 12.9. The first-order valence-electron chi connectivity index (χ1n) is 9.48. The molecule has 0 spiro atoms. The normalized spacial score (nSPS) is 29.2. The molecule has 0 radical (unpaired) electrons. The van der Waals surface area contributed by atoms with Crippen LogP contribution in [0.5, 0.6) is 0 Å². The molecular formula is C20H24N2O4S. The van der Waals surface area contributed by atoms with E-state index in [-0.39, 0.29) is 42.8 Å². The zero-order chi connectivity index (χ0) is 19.2. The summed E-state index contributed by atoms with van der Waals surface area (Å²) in [6.45, 7) is 1.99. The number of piperidine rings is 1. The summed E-state index contributed by atoms with van der Waals surface area (Å²) < 4.78 is 27.5. The largest absolute Gasteiger partial charge is 0.279 e. The number of fused-ring (bicyclic) bond motifs is 2. The quantitative estimate of drug-likeness (QED) is 0.743. The number of imide groups is 1. The lowest BCUT2D eigenvalue weighted by Crippen LogP contribution is -2.53. The van der Waals surface area contributed by atoms with Crippen molar-refractivity contribution in [1.82, 2.24) is 9.21 Å². The van der Waals surface area contributed by atoms with Crippen molar-refractivity contribution in [2.24, 2.45) is 0 Å². The molecular weight excluding hydrogens is 364 g/mol. The van der Waals surface area contributed by atoms with Crippen LogP contribution in [-0.2, 0) is 19.6 Å². The average Bonchev–Trinajstić information content (AvgIpc) is 3.11. The molecule has 27 heavy (non-hydrogen) atoms. The molecule has 6 nitrogen and oxygen atoms in total. The molecule has 7 heteroatoms. The minimum Gasteiger partial charge on any atom is -0.279 e. The van der Waals surface area contributed by atoms with Gasteiger partial charge in [-0.2, -0.15) is 4.31 Å². The number of carbonyl (C=O) groups is 2. The van der Waals surface area contributed by atoms with Crippen molar-refractivity contribution >= 4 is 27.9 Å². The lowest BCUT2D eigenvalue weighted by Gasteiger charge is -2.40. The topological polar surface area (TPSA) is 74.8 Å². The van der Waals surface area contributed by atoms with Gasteiger partial charge in [0.25, 0.3) is 0 Å². The second-order valence-electron chi connectivity index (χ2n) is 7.76. The van der Waals surface area contributed by atoms with Crippen LogP contribution in [0.3, 0.4) is 0 Å². The summed E-state index contributed by atoms with van der Waals surface area (Å²) in [7, 11) is -3.54.